The second-order valence-electron chi connectivity index (χ2n) is 7.80. The van der Waals surface area contributed by atoms with Crippen LogP contribution >= 0.6 is 0 Å². The molecule has 10 heteroatoms. The summed E-state index contributed by atoms with van der Waals surface area (Å²) >= 11 is 0. The van der Waals surface area contributed by atoms with Gasteiger partial charge >= 0.3 is 12.4 Å². The number of aryl methyl sites for hydroxylation is 1. The molecular weight excluding hydrogens is 462 g/mol. The lowest BCUT2D eigenvalue weighted by molar-refractivity contribution is -0.138. The third-order valence-corrected chi connectivity index (χ3v) is 5.27. The van der Waals surface area contributed by atoms with E-state index >= 15 is 0 Å². The molecule has 0 aliphatic rings. The zero-order valence-corrected chi connectivity index (χ0v) is 17.7. The van der Waals surface area contributed by atoms with Gasteiger partial charge in [-0.3, -0.25) is 4.79 Å². The number of amides is 1. The van der Waals surface area contributed by atoms with Crippen LogP contribution in [-0.2, 0) is 25.4 Å². The molecule has 0 spiro atoms. The summed E-state index contributed by atoms with van der Waals surface area (Å²) in [6.45, 7) is 1.66. The van der Waals surface area contributed by atoms with E-state index in [2.05, 4.69) is 5.32 Å². The topological polar surface area (TPSA) is 47.2 Å². The number of alkyl halides is 6. The van der Waals surface area contributed by atoms with Gasteiger partial charge < -0.3 is 14.3 Å². The van der Waals surface area contributed by atoms with Crippen LogP contribution < -0.4 is 5.32 Å². The second-order valence-corrected chi connectivity index (χ2v) is 7.80. The van der Waals surface area contributed by atoms with Crippen molar-refractivity contribution in [3.05, 3.63) is 94.4 Å². The Bertz CT molecular complexity index is 1330. The van der Waals surface area contributed by atoms with Crippen LogP contribution in [0.15, 0.2) is 65.1 Å². The van der Waals surface area contributed by atoms with E-state index in [4.69, 9.17) is 4.42 Å². The van der Waals surface area contributed by atoms with Crippen LogP contribution in [0.4, 0.5) is 26.3 Å². The molecule has 178 valence electrons. The second kappa shape index (κ2) is 8.58. The van der Waals surface area contributed by atoms with E-state index in [1.807, 2.05) is 0 Å². The van der Waals surface area contributed by atoms with Gasteiger partial charge in [0.25, 0.3) is 5.91 Å². The summed E-state index contributed by atoms with van der Waals surface area (Å²) in [4.78, 5) is 12.9. The quantitative estimate of drug-likeness (QED) is 0.329. The van der Waals surface area contributed by atoms with E-state index in [0.717, 1.165) is 24.3 Å². The SMILES string of the molecule is Cc1cc2c(cc(C(=O)NCc3cccc(C(F)(F)F)c3)n2Cc2ccc(C(F)(F)F)cc2)o1. The predicted molar refractivity (Wildman–Crippen MR) is 112 cm³/mol. The van der Waals surface area contributed by atoms with E-state index < -0.39 is 29.4 Å². The van der Waals surface area contributed by atoms with Crippen molar-refractivity contribution in [2.24, 2.45) is 0 Å². The first kappa shape index (κ1) is 23.5. The molecule has 0 aliphatic carbocycles. The molecule has 1 N–H and O–H groups in total. The average Bonchev–Trinajstić information content (AvgIpc) is 3.28. The number of aromatic nitrogens is 1. The van der Waals surface area contributed by atoms with E-state index in [0.29, 0.717) is 22.4 Å². The predicted octanol–water partition coefficient (Wildman–Crippen LogP) is 6.56. The van der Waals surface area contributed by atoms with Crippen molar-refractivity contribution in [1.82, 2.24) is 9.88 Å². The maximum atomic E-state index is 12.9. The fourth-order valence-corrected chi connectivity index (χ4v) is 3.64. The Labute approximate surface area is 189 Å². The molecule has 0 unspecified atom stereocenters. The maximum Gasteiger partial charge on any atom is 0.416 e. The zero-order chi connectivity index (χ0) is 24.7. The number of rotatable bonds is 5. The van der Waals surface area contributed by atoms with Gasteiger partial charge in [0.05, 0.1) is 16.6 Å². The number of fused-ring (bicyclic) bond motifs is 1. The third kappa shape index (κ3) is 4.95. The van der Waals surface area contributed by atoms with Crippen molar-refractivity contribution < 1.29 is 35.6 Å². The molecule has 0 saturated heterocycles. The Balaban J connectivity index is 1.58. The van der Waals surface area contributed by atoms with Crippen LogP contribution in [0.2, 0.25) is 0 Å². The molecule has 2 aromatic carbocycles. The summed E-state index contributed by atoms with van der Waals surface area (Å²) in [7, 11) is 0. The Morgan fingerprint density at radius 3 is 2.21 bits per heavy atom. The van der Waals surface area contributed by atoms with Crippen LogP contribution in [0.3, 0.4) is 0 Å². The van der Waals surface area contributed by atoms with Gasteiger partial charge in [-0.05, 0) is 42.3 Å². The van der Waals surface area contributed by atoms with E-state index in [9.17, 15) is 31.1 Å². The summed E-state index contributed by atoms with van der Waals surface area (Å²) in [5, 5.41) is 2.60. The van der Waals surface area contributed by atoms with Gasteiger partial charge in [0.1, 0.15) is 11.5 Å². The van der Waals surface area contributed by atoms with Crippen molar-refractivity contribution >= 4 is 17.0 Å². The zero-order valence-electron chi connectivity index (χ0n) is 17.7. The first-order valence-corrected chi connectivity index (χ1v) is 10.1. The van der Waals surface area contributed by atoms with Gasteiger partial charge in [-0.2, -0.15) is 26.3 Å². The molecule has 0 aliphatic heterocycles. The van der Waals surface area contributed by atoms with Crippen LogP contribution in [-0.4, -0.2) is 10.5 Å². The standard InChI is InChI=1S/C24H18F6N2O2/c1-14-9-19-21(34-14)11-20(32(19)13-15-5-7-17(8-6-15)23(25,26)27)22(33)31-12-16-3-2-4-18(10-16)24(28,29)30/h2-11H,12-13H2,1H3,(H,31,33). The normalized spacial score (nSPS) is 12.3. The van der Waals surface area contributed by atoms with Gasteiger partial charge in [0.15, 0.2) is 5.58 Å². The summed E-state index contributed by atoms with van der Waals surface area (Å²) in [5.41, 5.74) is 0.334. The molecule has 2 aromatic heterocycles. The summed E-state index contributed by atoms with van der Waals surface area (Å²) in [6, 6.07) is 12.4. The van der Waals surface area contributed by atoms with E-state index in [-0.39, 0.29) is 24.3 Å². The first-order valence-electron chi connectivity index (χ1n) is 10.1. The number of nitrogens with one attached hydrogen (secondary N) is 1. The first-order chi connectivity index (χ1) is 15.9. The number of benzene rings is 2. The van der Waals surface area contributed by atoms with Crippen molar-refractivity contribution in [3.63, 3.8) is 0 Å². The Morgan fingerprint density at radius 2 is 1.56 bits per heavy atom. The van der Waals surface area contributed by atoms with Crippen LogP contribution in [0.5, 0.6) is 0 Å². The number of halogens is 6. The molecule has 0 bridgehead atoms. The Hall–Kier alpha value is -3.69. The van der Waals surface area contributed by atoms with Crippen LogP contribution in [0, 0.1) is 6.92 Å². The van der Waals surface area contributed by atoms with E-state index in [1.54, 1.807) is 17.6 Å². The summed E-state index contributed by atoms with van der Waals surface area (Å²) < 4.78 is 84.6. The van der Waals surface area contributed by atoms with Gasteiger partial charge in [-0.15, -0.1) is 0 Å². The maximum absolute atomic E-state index is 12.9. The fraction of sp³-hybridized carbons (Fsp3) is 0.208. The highest BCUT2D eigenvalue weighted by Gasteiger charge is 2.31. The average molecular weight is 480 g/mol. The number of furan rings is 1. The lowest BCUT2D eigenvalue weighted by atomic mass is 10.1. The molecule has 1 amide bonds. The van der Waals surface area contributed by atoms with Gasteiger partial charge in [0, 0.05) is 25.2 Å². The lowest BCUT2D eigenvalue weighted by Crippen LogP contribution is -2.26. The summed E-state index contributed by atoms with van der Waals surface area (Å²) in [6.07, 6.45) is -8.96. The monoisotopic (exact) mass is 480 g/mol. The molecule has 4 aromatic rings. The molecular formula is C24H18F6N2O2. The molecule has 34 heavy (non-hydrogen) atoms. The fourth-order valence-electron chi connectivity index (χ4n) is 3.64. The number of carbonyl (C=O) groups excluding carboxylic acids is 1. The third-order valence-electron chi connectivity index (χ3n) is 5.27. The smallest absolute Gasteiger partial charge is 0.416 e. The molecule has 0 saturated carbocycles. The molecule has 0 radical (unpaired) electrons. The molecule has 0 fully saturated rings. The van der Waals surface area contributed by atoms with Crippen molar-refractivity contribution in [3.8, 4) is 0 Å². The van der Waals surface area contributed by atoms with E-state index in [1.165, 1.54) is 30.3 Å². The van der Waals surface area contributed by atoms with Crippen molar-refractivity contribution in [2.45, 2.75) is 32.4 Å². The largest absolute Gasteiger partial charge is 0.460 e. The minimum atomic E-state index is -4.50. The van der Waals surface area contributed by atoms with Crippen molar-refractivity contribution in [1.29, 1.82) is 0 Å². The Kier molecular flexibility index (Phi) is 5.93. The number of carbonyl (C=O) groups is 1. The molecule has 0 atom stereocenters. The Morgan fingerprint density at radius 1 is 0.882 bits per heavy atom. The number of hydrogen-bond acceptors (Lipinski definition) is 2. The van der Waals surface area contributed by atoms with Gasteiger partial charge in [-0.1, -0.05) is 24.3 Å². The van der Waals surface area contributed by atoms with Crippen LogP contribution in [0.25, 0.3) is 11.1 Å². The lowest BCUT2D eigenvalue weighted by Gasteiger charge is -2.13. The van der Waals surface area contributed by atoms with Crippen molar-refractivity contribution in [2.75, 3.05) is 0 Å². The number of nitrogens with zero attached hydrogens (tertiary/aromatic N) is 1. The number of hydrogen-bond donors (Lipinski definition) is 1. The molecule has 2 heterocycles. The minimum Gasteiger partial charge on any atom is -0.460 e. The highest BCUT2D eigenvalue weighted by Crippen LogP contribution is 2.31. The van der Waals surface area contributed by atoms with Crippen LogP contribution in [0.1, 0.15) is 38.5 Å². The molecule has 4 nitrogen and oxygen atoms in total. The summed E-state index contributed by atoms with van der Waals surface area (Å²) in [5.74, 6) is 0.0236. The highest BCUT2D eigenvalue weighted by atomic mass is 19.4. The highest BCUT2D eigenvalue weighted by molar-refractivity contribution is 5.97. The van der Waals surface area contributed by atoms with Gasteiger partial charge in [-0.25, -0.2) is 0 Å². The minimum absolute atomic E-state index is 0.0902. The van der Waals surface area contributed by atoms with Gasteiger partial charge in [0.2, 0.25) is 0 Å². The molecule has 4 rings (SSSR count).